The topological polar surface area (TPSA) is 82.9 Å². The molecule has 2 aromatic rings. The number of carbonyl (C=O) groups is 2. The fraction of sp³-hybridized carbons (Fsp3) is 0.100. The Kier molecular flexibility index (Phi) is 7.46. The van der Waals surface area contributed by atoms with Crippen molar-refractivity contribution in [2.75, 3.05) is 5.32 Å². The largest absolute Gasteiger partial charge is 0.326 e. The number of nitrogens with zero attached hydrogens (tertiary/aromatic N) is 2. The van der Waals surface area contributed by atoms with Gasteiger partial charge in [-0.3, -0.25) is 9.59 Å². The summed E-state index contributed by atoms with van der Waals surface area (Å²) in [7, 11) is 0. The summed E-state index contributed by atoms with van der Waals surface area (Å²) >= 11 is 12.9. The number of thioether (sulfide) groups is 1. The lowest BCUT2D eigenvalue weighted by Gasteiger charge is -2.08. The van der Waals surface area contributed by atoms with Crippen LogP contribution in [0.2, 0.25) is 10.0 Å². The minimum Gasteiger partial charge on any atom is -0.326 e. The first-order chi connectivity index (χ1) is 14.0. The standard InChI is InChI=1S/C20H16Cl2N4O2S/c21-15-9-8-14(11-16(15)22)24-18(27)12-17-19(28)25-20(29-17)26-23-10-4-7-13-5-2-1-3-6-13/h1-11,17H,12H2,(H,24,27)(H,25,26,28)/b7-4+,23-10-/t17-/m1/s1. The first kappa shape index (κ1) is 21.1. The van der Waals surface area contributed by atoms with Crippen LogP contribution in [0.25, 0.3) is 6.08 Å². The van der Waals surface area contributed by atoms with Crippen LogP contribution in [0.1, 0.15) is 12.0 Å². The molecule has 6 nitrogen and oxygen atoms in total. The summed E-state index contributed by atoms with van der Waals surface area (Å²) in [6, 6.07) is 14.5. The highest BCUT2D eigenvalue weighted by atomic mass is 35.5. The third-order valence-electron chi connectivity index (χ3n) is 3.74. The number of hydrogen-bond donors (Lipinski definition) is 2. The van der Waals surface area contributed by atoms with Gasteiger partial charge in [-0.05, 0) is 29.8 Å². The molecule has 1 heterocycles. The van der Waals surface area contributed by atoms with Gasteiger partial charge in [-0.2, -0.15) is 5.10 Å². The zero-order valence-electron chi connectivity index (χ0n) is 15.0. The Morgan fingerprint density at radius 1 is 1.17 bits per heavy atom. The van der Waals surface area contributed by atoms with Crippen molar-refractivity contribution in [3.05, 3.63) is 70.2 Å². The van der Waals surface area contributed by atoms with E-state index >= 15 is 0 Å². The summed E-state index contributed by atoms with van der Waals surface area (Å²) in [5, 5.41) is 13.7. The molecule has 2 amide bonds. The van der Waals surface area contributed by atoms with Crippen molar-refractivity contribution in [3.8, 4) is 0 Å². The van der Waals surface area contributed by atoms with E-state index in [4.69, 9.17) is 23.2 Å². The number of amides is 2. The van der Waals surface area contributed by atoms with Crippen molar-refractivity contribution < 1.29 is 9.59 Å². The lowest BCUT2D eigenvalue weighted by molar-refractivity contribution is -0.122. The smallest absolute Gasteiger partial charge is 0.240 e. The molecule has 0 unspecified atom stereocenters. The van der Waals surface area contributed by atoms with E-state index in [2.05, 4.69) is 20.8 Å². The zero-order chi connectivity index (χ0) is 20.6. The van der Waals surface area contributed by atoms with Crippen molar-refractivity contribution in [1.29, 1.82) is 0 Å². The molecule has 9 heteroatoms. The molecule has 29 heavy (non-hydrogen) atoms. The molecule has 0 aliphatic carbocycles. The molecule has 1 aliphatic rings. The number of rotatable bonds is 6. The van der Waals surface area contributed by atoms with E-state index in [1.165, 1.54) is 6.21 Å². The number of amidine groups is 1. The van der Waals surface area contributed by atoms with Crippen molar-refractivity contribution in [1.82, 2.24) is 5.32 Å². The third-order valence-corrected chi connectivity index (χ3v) is 5.55. The van der Waals surface area contributed by atoms with Gasteiger partial charge in [0, 0.05) is 18.3 Å². The summed E-state index contributed by atoms with van der Waals surface area (Å²) in [6.07, 6.45) is 5.16. The van der Waals surface area contributed by atoms with Crippen LogP contribution in [-0.4, -0.2) is 28.4 Å². The first-order valence-corrected chi connectivity index (χ1v) is 10.2. The van der Waals surface area contributed by atoms with E-state index in [0.717, 1.165) is 17.3 Å². The molecular weight excluding hydrogens is 431 g/mol. The highest BCUT2D eigenvalue weighted by Crippen LogP contribution is 2.26. The highest BCUT2D eigenvalue weighted by molar-refractivity contribution is 8.15. The number of benzene rings is 2. The monoisotopic (exact) mass is 446 g/mol. The maximum Gasteiger partial charge on any atom is 0.240 e. The van der Waals surface area contributed by atoms with Gasteiger partial charge in [0.25, 0.3) is 0 Å². The van der Waals surface area contributed by atoms with Gasteiger partial charge in [-0.1, -0.05) is 71.4 Å². The van der Waals surface area contributed by atoms with Gasteiger partial charge in [-0.25, -0.2) is 0 Å². The maximum atomic E-state index is 12.2. The second-order valence-corrected chi connectivity index (χ2v) is 7.92. The van der Waals surface area contributed by atoms with E-state index in [1.54, 1.807) is 24.3 Å². The number of anilines is 1. The van der Waals surface area contributed by atoms with E-state index < -0.39 is 5.25 Å². The van der Waals surface area contributed by atoms with Gasteiger partial charge in [0.2, 0.25) is 11.8 Å². The van der Waals surface area contributed by atoms with Gasteiger partial charge in [-0.15, -0.1) is 5.10 Å². The zero-order valence-corrected chi connectivity index (χ0v) is 17.3. The average Bonchev–Trinajstić information content (AvgIpc) is 3.04. The van der Waals surface area contributed by atoms with Gasteiger partial charge in [0.05, 0.1) is 10.0 Å². The molecular formula is C20H16Cl2N4O2S. The van der Waals surface area contributed by atoms with Crippen LogP contribution >= 0.6 is 35.0 Å². The van der Waals surface area contributed by atoms with Crippen LogP contribution in [0.4, 0.5) is 5.69 Å². The molecule has 0 saturated carbocycles. The second-order valence-electron chi connectivity index (χ2n) is 5.92. The van der Waals surface area contributed by atoms with E-state index in [0.29, 0.717) is 20.9 Å². The summed E-state index contributed by atoms with van der Waals surface area (Å²) in [5.41, 5.74) is 1.56. The molecule has 2 N–H and O–H groups in total. The molecule has 0 spiro atoms. The Morgan fingerprint density at radius 3 is 2.72 bits per heavy atom. The summed E-state index contributed by atoms with van der Waals surface area (Å²) in [5.74, 6) is -0.598. The maximum absolute atomic E-state index is 12.2. The molecule has 1 atom stereocenters. The predicted molar refractivity (Wildman–Crippen MR) is 121 cm³/mol. The summed E-state index contributed by atoms with van der Waals surface area (Å²) < 4.78 is 0. The molecule has 1 fully saturated rings. The van der Waals surface area contributed by atoms with Crippen LogP contribution in [0, 0.1) is 0 Å². The van der Waals surface area contributed by atoms with Gasteiger partial charge < -0.3 is 10.6 Å². The Bertz CT molecular complexity index is 993. The predicted octanol–water partition coefficient (Wildman–Crippen LogP) is 4.61. The lowest BCUT2D eigenvalue weighted by atomic mass is 10.2. The van der Waals surface area contributed by atoms with Gasteiger partial charge in [0.15, 0.2) is 5.17 Å². The Morgan fingerprint density at radius 2 is 1.97 bits per heavy atom. The minimum absolute atomic E-state index is 0.00656. The quantitative estimate of drug-likeness (QED) is 0.501. The Balaban J connectivity index is 1.50. The van der Waals surface area contributed by atoms with Crippen molar-refractivity contribution >= 4 is 69.9 Å². The fourth-order valence-electron chi connectivity index (χ4n) is 2.38. The molecule has 1 saturated heterocycles. The average molecular weight is 447 g/mol. The van der Waals surface area contributed by atoms with E-state index in [9.17, 15) is 9.59 Å². The van der Waals surface area contributed by atoms with Crippen molar-refractivity contribution in [2.24, 2.45) is 10.2 Å². The van der Waals surface area contributed by atoms with Crippen LogP contribution in [-0.2, 0) is 9.59 Å². The second kappa shape index (κ2) is 10.2. The van der Waals surface area contributed by atoms with Crippen LogP contribution in [0.3, 0.4) is 0 Å². The number of halogens is 2. The number of hydrogen-bond acceptors (Lipinski definition) is 5. The number of allylic oxidation sites excluding steroid dienone is 1. The Hall–Kier alpha value is -2.61. The molecule has 0 radical (unpaired) electrons. The van der Waals surface area contributed by atoms with Gasteiger partial charge >= 0.3 is 0 Å². The molecule has 0 bridgehead atoms. The third kappa shape index (κ3) is 6.45. The van der Waals surface area contributed by atoms with E-state index in [1.807, 2.05) is 36.4 Å². The number of carbonyl (C=O) groups excluding carboxylic acids is 2. The molecule has 1 aliphatic heterocycles. The van der Waals surface area contributed by atoms with Crippen LogP contribution in [0.15, 0.2) is 64.8 Å². The van der Waals surface area contributed by atoms with Crippen molar-refractivity contribution in [3.63, 3.8) is 0 Å². The minimum atomic E-state index is -0.577. The molecule has 0 aromatic heterocycles. The summed E-state index contributed by atoms with van der Waals surface area (Å²) in [4.78, 5) is 24.2. The van der Waals surface area contributed by atoms with E-state index in [-0.39, 0.29) is 18.2 Å². The summed E-state index contributed by atoms with van der Waals surface area (Å²) in [6.45, 7) is 0. The fourth-order valence-corrected chi connectivity index (χ4v) is 3.61. The lowest BCUT2D eigenvalue weighted by Crippen LogP contribution is -2.28. The van der Waals surface area contributed by atoms with Crippen LogP contribution in [0.5, 0.6) is 0 Å². The molecule has 148 valence electrons. The SMILES string of the molecule is O=C(C[C@H]1S/C(=N/N=C\C=C\c2ccccc2)NC1=O)Nc1ccc(Cl)c(Cl)c1. The normalized spacial score (nSPS) is 17.9. The molecule has 3 rings (SSSR count). The van der Waals surface area contributed by atoms with Crippen LogP contribution < -0.4 is 10.6 Å². The Labute approximate surface area is 182 Å². The molecule has 2 aromatic carbocycles. The van der Waals surface area contributed by atoms with Crippen molar-refractivity contribution in [2.45, 2.75) is 11.7 Å². The highest BCUT2D eigenvalue weighted by Gasteiger charge is 2.32. The first-order valence-electron chi connectivity index (χ1n) is 8.56. The van der Waals surface area contributed by atoms with Gasteiger partial charge in [0.1, 0.15) is 5.25 Å². The number of nitrogens with one attached hydrogen (secondary N) is 2.